The number of piperidine rings is 1. The SMILES string of the molecule is C=CCN1CC[C@]23c4c5ccc(O)c4OC2C(NC(=O)C(CC)c2ccc(Cl)c(Cl)c2)CC[C@@]3(O)[C@H]1C5. The molecule has 1 amide bonds. The van der Waals surface area contributed by atoms with Gasteiger partial charge in [0.25, 0.3) is 0 Å². The Morgan fingerprint density at radius 3 is 2.84 bits per heavy atom. The second-order valence-corrected chi connectivity index (χ2v) is 11.7. The van der Waals surface area contributed by atoms with E-state index < -0.39 is 23.0 Å². The van der Waals surface area contributed by atoms with Gasteiger partial charge >= 0.3 is 0 Å². The molecule has 0 aromatic heterocycles. The predicted octanol–water partition coefficient (Wildman–Crippen LogP) is 4.72. The monoisotopic (exact) mass is 542 g/mol. The van der Waals surface area contributed by atoms with Gasteiger partial charge in [-0.05, 0) is 68.0 Å². The van der Waals surface area contributed by atoms with Crippen LogP contribution in [0.3, 0.4) is 0 Å². The number of phenols is 1. The second-order valence-electron chi connectivity index (χ2n) is 10.9. The number of likely N-dealkylation sites (tertiary alicyclic amines) is 1. The van der Waals surface area contributed by atoms with Crippen molar-refractivity contribution >= 4 is 29.1 Å². The molecule has 6 atom stereocenters. The van der Waals surface area contributed by atoms with Gasteiger partial charge in [0.15, 0.2) is 11.5 Å². The fourth-order valence-corrected chi connectivity index (χ4v) is 8.05. The third-order valence-corrected chi connectivity index (χ3v) is 10.1. The van der Waals surface area contributed by atoms with Gasteiger partial charge in [-0.1, -0.05) is 48.3 Å². The molecule has 37 heavy (non-hydrogen) atoms. The van der Waals surface area contributed by atoms with Crippen molar-refractivity contribution in [1.82, 2.24) is 10.2 Å². The molecule has 1 spiro atoms. The normalized spacial score (nSPS) is 32.3. The summed E-state index contributed by atoms with van der Waals surface area (Å²) in [5.74, 6) is 0.0564. The summed E-state index contributed by atoms with van der Waals surface area (Å²) in [6.45, 7) is 7.39. The Morgan fingerprint density at radius 1 is 1.30 bits per heavy atom. The van der Waals surface area contributed by atoms with Gasteiger partial charge in [-0.3, -0.25) is 9.69 Å². The number of ether oxygens (including phenoxy) is 1. The summed E-state index contributed by atoms with van der Waals surface area (Å²) in [5.41, 5.74) is 1.13. The lowest BCUT2D eigenvalue weighted by Gasteiger charge is -2.64. The van der Waals surface area contributed by atoms with E-state index in [1.54, 1.807) is 18.2 Å². The van der Waals surface area contributed by atoms with E-state index in [2.05, 4.69) is 16.8 Å². The minimum atomic E-state index is -1.03. The van der Waals surface area contributed by atoms with Crippen LogP contribution in [0.1, 0.15) is 55.2 Å². The number of rotatable bonds is 6. The number of hydrogen-bond donors (Lipinski definition) is 3. The van der Waals surface area contributed by atoms with Crippen LogP contribution >= 0.6 is 23.2 Å². The van der Waals surface area contributed by atoms with E-state index in [4.69, 9.17) is 27.9 Å². The van der Waals surface area contributed by atoms with Crippen molar-refractivity contribution in [3.8, 4) is 11.5 Å². The smallest absolute Gasteiger partial charge is 0.227 e. The third-order valence-electron chi connectivity index (χ3n) is 9.33. The number of aromatic hydroxyl groups is 1. The molecule has 1 saturated carbocycles. The zero-order valence-electron chi connectivity index (χ0n) is 20.8. The van der Waals surface area contributed by atoms with Gasteiger partial charge in [0.2, 0.25) is 5.91 Å². The Hall–Kier alpha value is -2.25. The highest BCUT2D eigenvalue weighted by molar-refractivity contribution is 6.42. The quantitative estimate of drug-likeness (QED) is 0.460. The van der Waals surface area contributed by atoms with E-state index in [-0.39, 0.29) is 23.7 Å². The van der Waals surface area contributed by atoms with Crippen LogP contribution in [0, 0.1) is 0 Å². The molecule has 2 aliphatic carbocycles. The highest BCUT2D eigenvalue weighted by Crippen LogP contribution is 2.65. The Morgan fingerprint density at radius 2 is 2.11 bits per heavy atom. The van der Waals surface area contributed by atoms with Gasteiger partial charge < -0.3 is 20.3 Å². The summed E-state index contributed by atoms with van der Waals surface area (Å²) < 4.78 is 6.54. The summed E-state index contributed by atoms with van der Waals surface area (Å²) in [7, 11) is 0. The van der Waals surface area contributed by atoms with E-state index in [1.165, 1.54) is 0 Å². The standard InChI is InChI=1S/C29H32Cl2N2O4/c1-3-12-33-13-11-28-24-17-6-8-22(34)25(24)37-26(28)21(9-10-29(28,36)23(33)15-17)32-27(35)18(4-2)16-5-7-19(30)20(31)14-16/h3,5-8,14,18,21,23,26,34,36H,1,4,9-13,15H2,2H3,(H,32,35)/t18?,21?,23-,26?,28+,29-/m1/s1. The minimum Gasteiger partial charge on any atom is -0.504 e. The summed E-state index contributed by atoms with van der Waals surface area (Å²) in [4.78, 5) is 16.0. The molecule has 2 aliphatic heterocycles. The molecule has 3 unspecified atom stereocenters. The number of phenolic OH excluding ortho intramolecular Hbond substituents is 1. The lowest BCUT2D eigenvalue weighted by atomic mass is 9.48. The molecule has 1 saturated heterocycles. The first kappa shape index (κ1) is 25.1. The minimum absolute atomic E-state index is 0.0791. The van der Waals surface area contributed by atoms with Gasteiger partial charge in [0.1, 0.15) is 6.10 Å². The Bertz CT molecular complexity index is 1280. The molecular weight excluding hydrogens is 511 g/mol. The van der Waals surface area contributed by atoms with Crippen LogP contribution in [0.25, 0.3) is 0 Å². The molecule has 196 valence electrons. The molecular formula is C29H32Cl2N2O4. The number of nitrogens with one attached hydrogen (secondary N) is 1. The number of amides is 1. The first-order valence-electron chi connectivity index (χ1n) is 13.1. The lowest BCUT2D eigenvalue weighted by Crippen LogP contribution is -2.78. The van der Waals surface area contributed by atoms with Gasteiger partial charge in [-0.25, -0.2) is 0 Å². The molecule has 2 aromatic rings. The van der Waals surface area contributed by atoms with Crippen LogP contribution < -0.4 is 10.1 Å². The average Bonchev–Trinajstić information content (AvgIpc) is 3.23. The van der Waals surface area contributed by atoms with Crippen LogP contribution in [0.15, 0.2) is 43.0 Å². The van der Waals surface area contributed by atoms with Crippen LogP contribution in [0.2, 0.25) is 10.0 Å². The van der Waals surface area contributed by atoms with Crippen molar-refractivity contribution in [2.45, 2.75) is 74.1 Å². The predicted molar refractivity (Wildman–Crippen MR) is 144 cm³/mol. The molecule has 2 aromatic carbocycles. The lowest BCUT2D eigenvalue weighted by molar-refractivity contribution is -0.190. The fraction of sp³-hybridized carbons (Fsp3) is 0.483. The second kappa shape index (κ2) is 8.91. The number of benzene rings is 2. The highest BCUT2D eigenvalue weighted by atomic mass is 35.5. The molecule has 6 rings (SSSR count). The number of carbonyl (C=O) groups is 1. The molecule has 8 heteroatoms. The van der Waals surface area contributed by atoms with E-state index in [1.807, 2.05) is 25.1 Å². The zero-order chi connectivity index (χ0) is 26.1. The van der Waals surface area contributed by atoms with E-state index in [0.29, 0.717) is 54.4 Å². The van der Waals surface area contributed by atoms with Crippen molar-refractivity contribution in [2.75, 3.05) is 13.1 Å². The van der Waals surface area contributed by atoms with Crippen LogP contribution in [-0.2, 0) is 16.6 Å². The molecule has 6 nitrogen and oxygen atoms in total. The van der Waals surface area contributed by atoms with Gasteiger partial charge in [-0.2, -0.15) is 0 Å². The maximum absolute atomic E-state index is 13.6. The van der Waals surface area contributed by atoms with Crippen LogP contribution in [0.4, 0.5) is 0 Å². The number of halogens is 2. The van der Waals surface area contributed by atoms with Crippen molar-refractivity contribution in [1.29, 1.82) is 0 Å². The molecule has 4 aliphatic rings. The van der Waals surface area contributed by atoms with E-state index >= 15 is 0 Å². The van der Waals surface area contributed by atoms with E-state index in [9.17, 15) is 15.0 Å². The van der Waals surface area contributed by atoms with Crippen LogP contribution in [0.5, 0.6) is 11.5 Å². The summed E-state index contributed by atoms with van der Waals surface area (Å²) in [6.07, 6.45) is 4.50. The maximum atomic E-state index is 13.6. The zero-order valence-corrected chi connectivity index (χ0v) is 22.4. The Labute approximate surface area is 227 Å². The Kier molecular flexibility index (Phi) is 6.03. The summed E-state index contributed by atoms with van der Waals surface area (Å²) in [6, 6.07) is 8.57. The first-order valence-corrected chi connectivity index (χ1v) is 13.9. The third kappa shape index (κ3) is 3.42. The molecule has 2 bridgehead atoms. The first-order chi connectivity index (χ1) is 17.7. The van der Waals surface area contributed by atoms with Gasteiger partial charge in [-0.15, -0.1) is 6.58 Å². The van der Waals surface area contributed by atoms with E-state index in [0.717, 1.165) is 23.2 Å². The molecule has 2 fully saturated rings. The molecule has 2 heterocycles. The molecule has 3 N–H and O–H groups in total. The topological polar surface area (TPSA) is 82.0 Å². The van der Waals surface area contributed by atoms with Gasteiger partial charge in [0.05, 0.1) is 33.0 Å². The summed E-state index contributed by atoms with van der Waals surface area (Å²) in [5, 5.41) is 27.4. The number of hydrogen-bond acceptors (Lipinski definition) is 5. The fourth-order valence-electron chi connectivity index (χ4n) is 7.75. The number of nitrogens with zero attached hydrogens (tertiary/aromatic N) is 1. The molecule has 0 radical (unpaired) electrons. The maximum Gasteiger partial charge on any atom is 0.227 e. The highest BCUT2D eigenvalue weighted by Gasteiger charge is 2.73. The Balaban J connectivity index is 1.37. The van der Waals surface area contributed by atoms with Crippen LogP contribution in [-0.4, -0.2) is 57.9 Å². The van der Waals surface area contributed by atoms with Crippen molar-refractivity contribution in [3.05, 3.63) is 69.7 Å². The van der Waals surface area contributed by atoms with Gasteiger partial charge in [0, 0.05) is 18.2 Å². The summed E-state index contributed by atoms with van der Waals surface area (Å²) >= 11 is 12.4. The van der Waals surface area contributed by atoms with Crippen molar-refractivity contribution in [3.63, 3.8) is 0 Å². The largest absolute Gasteiger partial charge is 0.504 e. The van der Waals surface area contributed by atoms with Crippen molar-refractivity contribution < 1.29 is 19.7 Å². The average molecular weight is 543 g/mol. The number of carbonyl (C=O) groups excluding carboxylic acids is 1. The number of aliphatic hydroxyl groups is 1. The van der Waals surface area contributed by atoms with Crippen molar-refractivity contribution in [2.24, 2.45) is 0 Å².